The van der Waals surface area contributed by atoms with E-state index in [1.165, 1.54) is 10.3 Å². The van der Waals surface area contributed by atoms with Crippen LogP contribution in [-0.4, -0.2) is 24.2 Å². The number of nitrogens with one attached hydrogen (secondary N) is 1. The number of fused-ring (bicyclic) bond motifs is 1. The van der Waals surface area contributed by atoms with Crippen LogP contribution < -0.4 is 4.90 Å². The van der Waals surface area contributed by atoms with Crippen LogP contribution in [0.3, 0.4) is 0 Å². The molecule has 1 amide bonds. The number of ether oxygens (including phenoxy) is 1. The van der Waals surface area contributed by atoms with E-state index in [9.17, 15) is 4.79 Å². The maximum Gasteiger partial charge on any atom is 0.416 e. The summed E-state index contributed by atoms with van der Waals surface area (Å²) in [5, 5.41) is 1.17. The molecule has 5 nitrogen and oxygen atoms in total. The van der Waals surface area contributed by atoms with Crippen LogP contribution in [0.2, 0.25) is 0 Å². The first-order chi connectivity index (χ1) is 10.8. The molecule has 2 aromatic heterocycles. The van der Waals surface area contributed by atoms with Gasteiger partial charge in [-0.1, -0.05) is 18.2 Å². The van der Waals surface area contributed by atoms with E-state index in [2.05, 4.69) is 11.1 Å². The van der Waals surface area contributed by atoms with Crippen molar-refractivity contribution in [2.75, 3.05) is 18.1 Å². The summed E-state index contributed by atoms with van der Waals surface area (Å²) >= 11 is 0. The van der Waals surface area contributed by atoms with Gasteiger partial charge < -0.3 is 14.1 Å². The van der Waals surface area contributed by atoms with Gasteiger partial charge in [-0.05, 0) is 31.0 Å². The van der Waals surface area contributed by atoms with E-state index in [1.807, 2.05) is 24.4 Å². The van der Waals surface area contributed by atoms with Gasteiger partial charge in [0.05, 0.1) is 12.9 Å². The zero-order chi connectivity index (χ0) is 15.4. The van der Waals surface area contributed by atoms with E-state index in [-0.39, 0.29) is 0 Å². The largest absolute Gasteiger partial charge is 0.449 e. The normalized spacial score (nSPS) is 10.8. The van der Waals surface area contributed by atoms with Crippen LogP contribution in [0, 0.1) is 0 Å². The molecule has 1 aromatic carbocycles. The molecule has 0 aliphatic carbocycles. The molecule has 5 heteroatoms. The van der Waals surface area contributed by atoms with Gasteiger partial charge in [0, 0.05) is 29.7 Å². The van der Waals surface area contributed by atoms with Crippen molar-refractivity contribution in [2.45, 2.75) is 13.3 Å². The van der Waals surface area contributed by atoms with Crippen molar-refractivity contribution in [3.8, 4) is 0 Å². The van der Waals surface area contributed by atoms with E-state index in [4.69, 9.17) is 9.15 Å². The molecule has 2 heterocycles. The van der Waals surface area contributed by atoms with Gasteiger partial charge in [0.1, 0.15) is 0 Å². The van der Waals surface area contributed by atoms with Gasteiger partial charge >= 0.3 is 6.09 Å². The number of hydrogen-bond acceptors (Lipinski definition) is 3. The number of para-hydroxylation sites is 1. The minimum Gasteiger partial charge on any atom is -0.449 e. The Morgan fingerprint density at radius 2 is 2.14 bits per heavy atom. The molecule has 114 valence electrons. The van der Waals surface area contributed by atoms with Crippen molar-refractivity contribution >= 4 is 22.9 Å². The summed E-state index contributed by atoms with van der Waals surface area (Å²) in [5.41, 5.74) is 2.26. The van der Waals surface area contributed by atoms with E-state index >= 15 is 0 Å². The number of nitrogens with zero attached hydrogens (tertiary/aromatic N) is 1. The number of carbonyl (C=O) groups excluding carboxylic acids is 1. The zero-order valence-corrected chi connectivity index (χ0v) is 12.4. The second kappa shape index (κ2) is 6.39. The summed E-state index contributed by atoms with van der Waals surface area (Å²) in [4.78, 5) is 16.9. The fourth-order valence-corrected chi connectivity index (χ4v) is 2.49. The number of aromatic nitrogens is 1. The van der Waals surface area contributed by atoms with Gasteiger partial charge in [-0.15, -0.1) is 0 Å². The molecule has 0 saturated carbocycles. The Balaban J connectivity index is 1.78. The maximum absolute atomic E-state index is 12.1. The minimum atomic E-state index is -0.391. The monoisotopic (exact) mass is 298 g/mol. The quantitative estimate of drug-likeness (QED) is 0.775. The van der Waals surface area contributed by atoms with Crippen LogP contribution in [0.5, 0.6) is 0 Å². The topological polar surface area (TPSA) is 58.5 Å². The standard InChI is InChI=1S/C17H18N2O3/c1-2-21-17(20)19(16-8-5-11-22-16)10-9-13-12-18-15-7-4-3-6-14(13)15/h3-8,11-12,18H,2,9-10H2,1H3. The Labute approximate surface area is 128 Å². The third-order valence-electron chi connectivity index (χ3n) is 3.54. The highest BCUT2D eigenvalue weighted by Gasteiger charge is 2.19. The first-order valence-electron chi connectivity index (χ1n) is 7.32. The SMILES string of the molecule is CCOC(=O)N(CCc1c[nH]c2ccccc12)c1ccco1. The molecule has 0 fully saturated rings. The number of hydrogen-bond donors (Lipinski definition) is 1. The Morgan fingerprint density at radius 3 is 2.91 bits per heavy atom. The summed E-state index contributed by atoms with van der Waals surface area (Å²) in [6.07, 6.45) is 3.85. The van der Waals surface area contributed by atoms with Gasteiger partial charge in [-0.3, -0.25) is 0 Å². The predicted octanol–water partition coefficient (Wildman–Crippen LogP) is 3.97. The van der Waals surface area contributed by atoms with Crippen LogP contribution in [0.4, 0.5) is 10.7 Å². The average molecular weight is 298 g/mol. The maximum atomic E-state index is 12.1. The smallest absolute Gasteiger partial charge is 0.416 e. The number of benzene rings is 1. The highest BCUT2D eigenvalue weighted by molar-refractivity contribution is 5.86. The van der Waals surface area contributed by atoms with Gasteiger partial charge in [0.25, 0.3) is 0 Å². The van der Waals surface area contributed by atoms with Gasteiger partial charge in [-0.2, -0.15) is 0 Å². The van der Waals surface area contributed by atoms with Gasteiger partial charge in [0.2, 0.25) is 5.88 Å². The van der Waals surface area contributed by atoms with Crippen molar-refractivity contribution in [3.63, 3.8) is 0 Å². The van der Waals surface area contributed by atoms with Crippen molar-refractivity contribution < 1.29 is 13.9 Å². The van der Waals surface area contributed by atoms with Crippen LogP contribution >= 0.6 is 0 Å². The van der Waals surface area contributed by atoms with E-state index in [1.54, 1.807) is 25.3 Å². The number of anilines is 1. The minimum absolute atomic E-state index is 0.336. The van der Waals surface area contributed by atoms with Crippen molar-refractivity contribution in [2.24, 2.45) is 0 Å². The highest BCUT2D eigenvalue weighted by Crippen LogP contribution is 2.21. The van der Waals surface area contributed by atoms with E-state index < -0.39 is 6.09 Å². The number of rotatable bonds is 5. The zero-order valence-electron chi connectivity index (χ0n) is 12.4. The first kappa shape index (κ1) is 14.3. The number of carbonyl (C=O) groups is 1. The van der Waals surface area contributed by atoms with Crippen LogP contribution in [0.1, 0.15) is 12.5 Å². The molecule has 3 aromatic rings. The lowest BCUT2D eigenvalue weighted by atomic mass is 10.1. The Morgan fingerprint density at radius 1 is 1.27 bits per heavy atom. The molecule has 0 radical (unpaired) electrons. The lowest BCUT2D eigenvalue weighted by Crippen LogP contribution is -2.33. The summed E-state index contributed by atoms with van der Waals surface area (Å²) in [5.74, 6) is 0.498. The van der Waals surface area contributed by atoms with E-state index in [0.29, 0.717) is 25.5 Å². The van der Waals surface area contributed by atoms with Crippen molar-refractivity contribution in [1.29, 1.82) is 0 Å². The molecule has 0 aliphatic rings. The second-order valence-corrected chi connectivity index (χ2v) is 4.91. The lowest BCUT2D eigenvalue weighted by molar-refractivity contribution is 0.158. The summed E-state index contributed by atoms with van der Waals surface area (Å²) in [7, 11) is 0. The lowest BCUT2D eigenvalue weighted by Gasteiger charge is -2.18. The molecule has 22 heavy (non-hydrogen) atoms. The van der Waals surface area contributed by atoms with Gasteiger partial charge in [0.15, 0.2) is 0 Å². The molecule has 0 atom stereocenters. The molecule has 0 spiro atoms. The first-order valence-corrected chi connectivity index (χ1v) is 7.32. The Kier molecular flexibility index (Phi) is 4.14. The van der Waals surface area contributed by atoms with Crippen LogP contribution in [0.15, 0.2) is 53.3 Å². The molecule has 0 unspecified atom stereocenters. The third-order valence-corrected chi connectivity index (χ3v) is 3.54. The summed E-state index contributed by atoms with van der Waals surface area (Å²) < 4.78 is 10.4. The molecule has 3 rings (SSSR count). The van der Waals surface area contributed by atoms with Crippen molar-refractivity contribution in [3.05, 3.63) is 54.4 Å². The molecule has 1 N–H and O–H groups in total. The van der Waals surface area contributed by atoms with Crippen molar-refractivity contribution in [1.82, 2.24) is 4.98 Å². The fourth-order valence-electron chi connectivity index (χ4n) is 2.49. The van der Waals surface area contributed by atoms with Crippen LogP contribution in [-0.2, 0) is 11.2 Å². The predicted molar refractivity (Wildman–Crippen MR) is 85.1 cm³/mol. The summed E-state index contributed by atoms with van der Waals surface area (Å²) in [6.45, 7) is 2.62. The molecular formula is C17H18N2O3. The van der Waals surface area contributed by atoms with E-state index in [0.717, 1.165) is 11.1 Å². The Bertz CT molecular complexity index is 746. The summed E-state index contributed by atoms with van der Waals surface area (Å²) in [6, 6.07) is 11.6. The molecule has 0 bridgehead atoms. The average Bonchev–Trinajstić information content (AvgIpc) is 3.18. The number of aromatic amines is 1. The molecule has 0 aliphatic heterocycles. The van der Waals surface area contributed by atoms with Gasteiger partial charge in [-0.25, -0.2) is 9.69 Å². The number of furan rings is 1. The number of amides is 1. The molecular weight excluding hydrogens is 280 g/mol. The van der Waals surface area contributed by atoms with Crippen LogP contribution in [0.25, 0.3) is 10.9 Å². The Hall–Kier alpha value is -2.69. The third kappa shape index (κ3) is 2.83. The highest BCUT2D eigenvalue weighted by atomic mass is 16.6. The number of H-pyrrole nitrogens is 1. The fraction of sp³-hybridized carbons (Fsp3) is 0.235. The second-order valence-electron chi connectivity index (χ2n) is 4.91. The molecule has 0 saturated heterocycles.